The van der Waals surface area contributed by atoms with Crippen molar-refractivity contribution in [3.63, 3.8) is 0 Å². The number of rotatable bonds is 3. The Hall–Kier alpha value is -1.77. The van der Waals surface area contributed by atoms with Crippen LogP contribution in [0.3, 0.4) is 0 Å². The summed E-state index contributed by atoms with van der Waals surface area (Å²) in [5.41, 5.74) is 11.0. The van der Waals surface area contributed by atoms with Crippen molar-refractivity contribution in [2.75, 3.05) is 5.73 Å². The van der Waals surface area contributed by atoms with Gasteiger partial charge in [-0.2, -0.15) is 5.10 Å². The molecule has 106 valence electrons. The van der Waals surface area contributed by atoms with E-state index in [0.29, 0.717) is 0 Å². The van der Waals surface area contributed by atoms with Crippen molar-refractivity contribution >= 4 is 5.82 Å². The van der Waals surface area contributed by atoms with Gasteiger partial charge in [0.2, 0.25) is 0 Å². The summed E-state index contributed by atoms with van der Waals surface area (Å²) in [6.45, 7) is 2.11. The van der Waals surface area contributed by atoms with Crippen LogP contribution in [0.15, 0.2) is 24.3 Å². The monoisotopic (exact) mass is 269 g/mol. The van der Waals surface area contributed by atoms with Gasteiger partial charge >= 0.3 is 0 Å². The van der Waals surface area contributed by atoms with E-state index in [9.17, 15) is 0 Å². The molecule has 0 spiro atoms. The Kier molecular flexibility index (Phi) is 3.51. The van der Waals surface area contributed by atoms with E-state index in [0.717, 1.165) is 23.7 Å². The molecular weight excluding hydrogens is 246 g/mol. The smallest absolute Gasteiger partial charge is 0.129 e. The van der Waals surface area contributed by atoms with E-state index in [1.807, 2.05) is 11.7 Å². The van der Waals surface area contributed by atoms with Gasteiger partial charge < -0.3 is 5.73 Å². The highest BCUT2D eigenvalue weighted by molar-refractivity contribution is 5.76. The van der Waals surface area contributed by atoms with Gasteiger partial charge in [0.1, 0.15) is 5.82 Å². The molecule has 1 fully saturated rings. The molecule has 1 aromatic heterocycles. The highest BCUT2D eigenvalue weighted by Crippen LogP contribution is 2.34. The zero-order chi connectivity index (χ0) is 14.1. The number of aryl methyl sites for hydroxylation is 2. The molecule has 3 rings (SSSR count). The summed E-state index contributed by atoms with van der Waals surface area (Å²) in [7, 11) is 1.94. The first kappa shape index (κ1) is 13.2. The molecule has 1 saturated carbocycles. The van der Waals surface area contributed by atoms with Crippen LogP contribution in [0.2, 0.25) is 0 Å². The lowest BCUT2D eigenvalue weighted by Crippen LogP contribution is -2.01. The number of benzene rings is 1. The van der Waals surface area contributed by atoms with E-state index in [4.69, 9.17) is 5.73 Å². The Bertz CT molecular complexity index is 589. The lowest BCUT2D eigenvalue weighted by molar-refractivity contribution is 0.534. The van der Waals surface area contributed by atoms with Gasteiger partial charge in [-0.3, -0.25) is 4.68 Å². The molecule has 0 aliphatic heterocycles. The van der Waals surface area contributed by atoms with Crippen LogP contribution in [0.1, 0.15) is 36.9 Å². The summed E-state index contributed by atoms with van der Waals surface area (Å²) in [5.74, 6) is 1.57. The van der Waals surface area contributed by atoms with Gasteiger partial charge in [-0.1, -0.05) is 55.5 Å². The molecule has 1 heterocycles. The fourth-order valence-electron chi connectivity index (χ4n) is 3.26. The van der Waals surface area contributed by atoms with Crippen LogP contribution in [0.4, 0.5) is 5.82 Å². The van der Waals surface area contributed by atoms with Gasteiger partial charge in [0.15, 0.2) is 0 Å². The Balaban J connectivity index is 1.97. The van der Waals surface area contributed by atoms with Gasteiger partial charge in [0.05, 0.1) is 5.69 Å². The maximum absolute atomic E-state index is 6.25. The summed E-state index contributed by atoms with van der Waals surface area (Å²) in [5, 5.41) is 4.66. The number of nitrogens with zero attached hydrogens (tertiary/aromatic N) is 2. The van der Waals surface area contributed by atoms with Crippen LogP contribution in [-0.4, -0.2) is 9.78 Å². The van der Waals surface area contributed by atoms with Crippen LogP contribution in [0, 0.1) is 12.8 Å². The van der Waals surface area contributed by atoms with Crippen molar-refractivity contribution in [3.05, 3.63) is 35.5 Å². The van der Waals surface area contributed by atoms with Crippen molar-refractivity contribution in [1.29, 1.82) is 0 Å². The second-order valence-corrected chi connectivity index (χ2v) is 6.05. The minimum absolute atomic E-state index is 0.779. The molecule has 2 N–H and O–H groups in total. The van der Waals surface area contributed by atoms with Gasteiger partial charge in [-0.05, 0) is 24.8 Å². The highest BCUT2D eigenvalue weighted by atomic mass is 15.3. The van der Waals surface area contributed by atoms with E-state index in [2.05, 4.69) is 36.3 Å². The summed E-state index contributed by atoms with van der Waals surface area (Å²) >= 11 is 0. The lowest BCUT2D eigenvalue weighted by Gasteiger charge is -2.09. The van der Waals surface area contributed by atoms with Crippen molar-refractivity contribution in [2.24, 2.45) is 13.0 Å². The predicted octanol–water partition coefficient (Wildman–Crippen LogP) is 3.71. The zero-order valence-corrected chi connectivity index (χ0v) is 12.4. The molecule has 0 radical (unpaired) electrons. The maximum atomic E-state index is 6.25. The van der Waals surface area contributed by atoms with Crippen molar-refractivity contribution < 1.29 is 0 Å². The summed E-state index contributed by atoms with van der Waals surface area (Å²) in [4.78, 5) is 0. The standard InChI is InChI=1S/C17H23N3/c1-12-7-9-14(10-8-12)16-15(19-20(2)17(16)18)11-13-5-3-4-6-13/h7-10,13H,3-6,11,18H2,1-2H3. The van der Waals surface area contributed by atoms with Crippen molar-refractivity contribution in [1.82, 2.24) is 9.78 Å². The first-order chi connectivity index (χ1) is 9.65. The molecule has 0 bridgehead atoms. The molecule has 3 heteroatoms. The second-order valence-electron chi connectivity index (χ2n) is 6.05. The summed E-state index contributed by atoms with van der Waals surface area (Å²) in [6, 6.07) is 8.59. The van der Waals surface area contributed by atoms with Crippen LogP contribution < -0.4 is 5.73 Å². The molecule has 1 aliphatic carbocycles. The Morgan fingerprint density at radius 2 is 1.85 bits per heavy atom. The average molecular weight is 269 g/mol. The second kappa shape index (κ2) is 5.31. The van der Waals surface area contributed by atoms with E-state index < -0.39 is 0 Å². The third-order valence-corrected chi connectivity index (χ3v) is 4.46. The Morgan fingerprint density at radius 3 is 2.50 bits per heavy atom. The third-order valence-electron chi connectivity index (χ3n) is 4.46. The largest absolute Gasteiger partial charge is 0.383 e. The fraction of sp³-hybridized carbons (Fsp3) is 0.471. The maximum Gasteiger partial charge on any atom is 0.129 e. The normalized spacial score (nSPS) is 15.9. The molecule has 2 aromatic rings. The van der Waals surface area contributed by atoms with Crippen LogP contribution in [-0.2, 0) is 13.5 Å². The number of aromatic nitrogens is 2. The molecule has 0 atom stereocenters. The summed E-state index contributed by atoms with van der Waals surface area (Å²) in [6.07, 6.45) is 6.47. The first-order valence-electron chi connectivity index (χ1n) is 7.53. The molecule has 1 aromatic carbocycles. The molecular formula is C17H23N3. The lowest BCUT2D eigenvalue weighted by atomic mass is 9.96. The zero-order valence-electron chi connectivity index (χ0n) is 12.4. The van der Waals surface area contributed by atoms with E-state index in [1.54, 1.807) is 0 Å². The fourth-order valence-corrected chi connectivity index (χ4v) is 3.26. The summed E-state index contributed by atoms with van der Waals surface area (Å²) < 4.78 is 1.82. The number of nitrogen functional groups attached to an aromatic ring is 1. The number of hydrogen-bond donors (Lipinski definition) is 1. The SMILES string of the molecule is Cc1ccc(-c2c(CC3CCCC3)nn(C)c2N)cc1. The Labute approximate surface area is 120 Å². The quantitative estimate of drug-likeness (QED) is 0.923. The minimum atomic E-state index is 0.779. The van der Waals surface area contributed by atoms with Gasteiger partial charge in [0.25, 0.3) is 0 Å². The molecule has 1 aliphatic rings. The highest BCUT2D eigenvalue weighted by Gasteiger charge is 2.21. The van der Waals surface area contributed by atoms with Crippen LogP contribution in [0.25, 0.3) is 11.1 Å². The number of hydrogen-bond acceptors (Lipinski definition) is 2. The molecule has 0 amide bonds. The molecule has 0 saturated heterocycles. The van der Waals surface area contributed by atoms with E-state index in [-0.39, 0.29) is 0 Å². The van der Waals surface area contributed by atoms with Gasteiger partial charge in [-0.15, -0.1) is 0 Å². The molecule has 0 unspecified atom stereocenters. The van der Waals surface area contributed by atoms with Crippen LogP contribution >= 0.6 is 0 Å². The predicted molar refractivity (Wildman–Crippen MR) is 83.5 cm³/mol. The number of nitrogens with two attached hydrogens (primary N) is 1. The van der Waals surface area contributed by atoms with Gasteiger partial charge in [-0.25, -0.2) is 0 Å². The average Bonchev–Trinajstić information content (AvgIpc) is 3.02. The first-order valence-corrected chi connectivity index (χ1v) is 7.53. The van der Waals surface area contributed by atoms with Gasteiger partial charge in [0, 0.05) is 12.6 Å². The van der Waals surface area contributed by atoms with Crippen molar-refractivity contribution in [2.45, 2.75) is 39.0 Å². The van der Waals surface area contributed by atoms with E-state index >= 15 is 0 Å². The topological polar surface area (TPSA) is 43.8 Å². The van der Waals surface area contributed by atoms with E-state index in [1.165, 1.54) is 42.5 Å². The molecule has 20 heavy (non-hydrogen) atoms. The minimum Gasteiger partial charge on any atom is -0.383 e. The third kappa shape index (κ3) is 2.45. The Morgan fingerprint density at radius 1 is 1.20 bits per heavy atom. The number of anilines is 1. The molecule has 3 nitrogen and oxygen atoms in total. The van der Waals surface area contributed by atoms with Crippen molar-refractivity contribution in [3.8, 4) is 11.1 Å². The van der Waals surface area contributed by atoms with Crippen LogP contribution in [0.5, 0.6) is 0 Å².